The molecule has 0 unspecified atom stereocenters. The van der Waals surface area contributed by atoms with E-state index in [1.807, 2.05) is 16.7 Å². The van der Waals surface area contributed by atoms with Crippen molar-refractivity contribution in [2.24, 2.45) is 5.92 Å². The van der Waals surface area contributed by atoms with E-state index in [0.29, 0.717) is 24.2 Å². The third kappa shape index (κ3) is 2.41. The lowest BCUT2D eigenvalue weighted by Crippen LogP contribution is -2.34. The number of rotatable bonds is 6. The zero-order valence-corrected chi connectivity index (χ0v) is 12.7. The SMILES string of the molecule is O=C(O)c1c(CNC2CCC2)c2ccccc2n1CC1CC1. The summed E-state index contributed by atoms with van der Waals surface area (Å²) in [5.41, 5.74) is 2.51. The van der Waals surface area contributed by atoms with Crippen LogP contribution in [0.15, 0.2) is 24.3 Å². The lowest BCUT2D eigenvalue weighted by atomic mass is 9.93. The van der Waals surface area contributed by atoms with Gasteiger partial charge in [-0.3, -0.25) is 0 Å². The normalized spacial score (nSPS) is 18.5. The summed E-state index contributed by atoms with van der Waals surface area (Å²) in [6.45, 7) is 1.50. The van der Waals surface area contributed by atoms with Crippen LogP contribution in [0.2, 0.25) is 0 Å². The molecule has 0 bridgehead atoms. The van der Waals surface area contributed by atoms with Gasteiger partial charge in [0.15, 0.2) is 0 Å². The van der Waals surface area contributed by atoms with Crippen LogP contribution in [-0.2, 0) is 13.1 Å². The highest BCUT2D eigenvalue weighted by Crippen LogP contribution is 2.35. The maximum absolute atomic E-state index is 11.9. The number of carboxylic acids is 1. The summed E-state index contributed by atoms with van der Waals surface area (Å²) in [5.74, 6) is -0.149. The van der Waals surface area contributed by atoms with Crippen LogP contribution in [0.5, 0.6) is 0 Å². The molecule has 1 aromatic heterocycles. The van der Waals surface area contributed by atoms with E-state index in [9.17, 15) is 9.90 Å². The predicted octanol–water partition coefficient (Wildman–Crippen LogP) is 3.39. The number of carboxylic acid groups (broad SMARTS) is 1. The maximum atomic E-state index is 11.9. The van der Waals surface area contributed by atoms with E-state index in [-0.39, 0.29) is 0 Å². The van der Waals surface area contributed by atoms with E-state index in [1.54, 1.807) is 0 Å². The molecule has 22 heavy (non-hydrogen) atoms. The molecule has 1 heterocycles. The zero-order valence-electron chi connectivity index (χ0n) is 12.7. The lowest BCUT2D eigenvalue weighted by molar-refractivity contribution is 0.0683. The molecule has 4 heteroatoms. The van der Waals surface area contributed by atoms with Gasteiger partial charge in [-0.05, 0) is 37.7 Å². The van der Waals surface area contributed by atoms with E-state index >= 15 is 0 Å². The van der Waals surface area contributed by atoms with Crippen molar-refractivity contribution < 1.29 is 9.90 Å². The van der Waals surface area contributed by atoms with Gasteiger partial charge >= 0.3 is 5.97 Å². The molecule has 0 atom stereocenters. The number of carbonyl (C=O) groups is 1. The van der Waals surface area contributed by atoms with Gasteiger partial charge in [-0.2, -0.15) is 0 Å². The molecule has 0 amide bonds. The predicted molar refractivity (Wildman–Crippen MR) is 86.1 cm³/mol. The number of hydrogen-bond acceptors (Lipinski definition) is 2. The summed E-state index contributed by atoms with van der Waals surface area (Å²) < 4.78 is 2.03. The Labute approximate surface area is 130 Å². The minimum absolute atomic E-state index is 0.486. The van der Waals surface area contributed by atoms with Gasteiger partial charge in [-0.1, -0.05) is 24.6 Å². The van der Waals surface area contributed by atoms with E-state index in [2.05, 4.69) is 17.4 Å². The van der Waals surface area contributed by atoms with Crippen molar-refractivity contribution in [3.63, 3.8) is 0 Å². The molecule has 2 saturated carbocycles. The van der Waals surface area contributed by atoms with Crippen LogP contribution in [-0.4, -0.2) is 21.7 Å². The van der Waals surface area contributed by atoms with E-state index in [1.165, 1.54) is 32.1 Å². The van der Waals surface area contributed by atoms with Gasteiger partial charge in [0.1, 0.15) is 5.69 Å². The molecule has 1 aromatic carbocycles. The maximum Gasteiger partial charge on any atom is 0.352 e. The van der Waals surface area contributed by atoms with Crippen molar-refractivity contribution >= 4 is 16.9 Å². The first-order valence-electron chi connectivity index (χ1n) is 8.31. The highest BCUT2D eigenvalue weighted by molar-refractivity contribution is 5.98. The Morgan fingerprint density at radius 3 is 2.64 bits per heavy atom. The minimum Gasteiger partial charge on any atom is -0.477 e. The van der Waals surface area contributed by atoms with Crippen molar-refractivity contribution in [1.29, 1.82) is 0 Å². The Morgan fingerprint density at radius 2 is 2.00 bits per heavy atom. The number of hydrogen-bond donors (Lipinski definition) is 2. The van der Waals surface area contributed by atoms with Gasteiger partial charge in [-0.15, -0.1) is 0 Å². The molecule has 0 spiro atoms. The summed E-state index contributed by atoms with van der Waals surface area (Å²) >= 11 is 0. The van der Waals surface area contributed by atoms with Crippen molar-refractivity contribution in [3.05, 3.63) is 35.5 Å². The van der Waals surface area contributed by atoms with Gasteiger partial charge < -0.3 is 15.0 Å². The first-order valence-corrected chi connectivity index (χ1v) is 8.31. The van der Waals surface area contributed by atoms with Crippen molar-refractivity contribution in [2.45, 2.75) is 51.2 Å². The number of aromatic carboxylic acids is 1. The topological polar surface area (TPSA) is 54.3 Å². The summed E-state index contributed by atoms with van der Waals surface area (Å²) in [6, 6.07) is 8.68. The van der Waals surface area contributed by atoms with E-state index in [4.69, 9.17) is 0 Å². The molecule has 2 N–H and O–H groups in total. The number of para-hydroxylation sites is 1. The van der Waals surface area contributed by atoms with Crippen LogP contribution in [0.1, 0.15) is 48.2 Å². The fourth-order valence-corrected chi connectivity index (χ4v) is 3.41. The lowest BCUT2D eigenvalue weighted by Gasteiger charge is -2.26. The molecule has 0 radical (unpaired) electrons. The smallest absolute Gasteiger partial charge is 0.352 e. The van der Waals surface area contributed by atoms with Gasteiger partial charge in [0, 0.05) is 35.6 Å². The molecule has 4 rings (SSSR count). The Hall–Kier alpha value is -1.81. The second-order valence-corrected chi connectivity index (χ2v) is 6.71. The molecular weight excluding hydrogens is 276 g/mol. The Bertz CT molecular complexity index is 711. The van der Waals surface area contributed by atoms with Gasteiger partial charge in [0.25, 0.3) is 0 Å². The number of aromatic nitrogens is 1. The Kier molecular flexibility index (Phi) is 3.41. The summed E-state index contributed by atoms with van der Waals surface area (Å²) in [6.07, 6.45) is 6.15. The third-order valence-corrected chi connectivity index (χ3v) is 5.09. The van der Waals surface area contributed by atoms with Crippen LogP contribution in [0.25, 0.3) is 10.9 Å². The second-order valence-electron chi connectivity index (χ2n) is 6.71. The van der Waals surface area contributed by atoms with Crippen molar-refractivity contribution in [2.75, 3.05) is 0 Å². The molecule has 2 aliphatic rings. The molecule has 2 aliphatic carbocycles. The third-order valence-electron chi connectivity index (χ3n) is 5.09. The highest BCUT2D eigenvalue weighted by Gasteiger charge is 2.28. The minimum atomic E-state index is -0.803. The van der Waals surface area contributed by atoms with Gasteiger partial charge in [0.2, 0.25) is 0 Å². The molecule has 116 valence electrons. The monoisotopic (exact) mass is 298 g/mol. The quantitative estimate of drug-likeness (QED) is 0.859. The highest BCUT2D eigenvalue weighted by atomic mass is 16.4. The van der Waals surface area contributed by atoms with Crippen LogP contribution in [0.3, 0.4) is 0 Å². The number of fused-ring (bicyclic) bond motifs is 1. The molecule has 0 aliphatic heterocycles. The average Bonchev–Trinajstić information content (AvgIpc) is 3.21. The van der Waals surface area contributed by atoms with E-state index < -0.39 is 5.97 Å². The molecule has 4 nitrogen and oxygen atoms in total. The van der Waals surface area contributed by atoms with Crippen LogP contribution in [0, 0.1) is 5.92 Å². The van der Waals surface area contributed by atoms with Gasteiger partial charge in [-0.25, -0.2) is 4.79 Å². The number of nitrogens with one attached hydrogen (secondary N) is 1. The number of nitrogens with zero attached hydrogens (tertiary/aromatic N) is 1. The van der Waals surface area contributed by atoms with Crippen LogP contribution < -0.4 is 5.32 Å². The Balaban J connectivity index is 1.77. The summed E-state index contributed by atoms with van der Waals surface area (Å²) in [5, 5.41) is 14.4. The Morgan fingerprint density at radius 1 is 1.23 bits per heavy atom. The molecule has 0 saturated heterocycles. The average molecular weight is 298 g/mol. The molecule has 2 aromatic rings. The van der Waals surface area contributed by atoms with Crippen molar-refractivity contribution in [1.82, 2.24) is 9.88 Å². The summed E-state index contributed by atoms with van der Waals surface area (Å²) in [4.78, 5) is 11.9. The molecular formula is C18H22N2O2. The standard InChI is InChI=1S/C18H22N2O2/c21-18(22)17-15(10-19-13-4-3-5-13)14-6-1-2-7-16(14)20(17)11-12-8-9-12/h1-2,6-7,12-13,19H,3-5,8-11H2,(H,21,22). The fourth-order valence-electron chi connectivity index (χ4n) is 3.41. The fraction of sp³-hybridized carbons (Fsp3) is 0.500. The van der Waals surface area contributed by atoms with Crippen molar-refractivity contribution in [3.8, 4) is 0 Å². The van der Waals surface area contributed by atoms with Crippen LogP contribution >= 0.6 is 0 Å². The molecule has 2 fully saturated rings. The largest absolute Gasteiger partial charge is 0.477 e. The summed E-state index contributed by atoms with van der Waals surface area (Å²) in [7, 11) is 0. The number of benzene rings is 1. The first kappa shape index (κ1) is 13.8. The zero-order chi connectivity index (χ0) is 15.1. The second kappa shape index (κ2) is 5.43. The first-order chi connectivity index (χ1) is 10.7. The van der Waals surface area contributed by atoms with E-state index in [0.717, 1.165) is 23.0 Å². The van der Waals surface area contributed by atoms with Crippen LogP contribution in [0.4, 0.5) is 0 Å². The van der Waals surface area contributed by atoms with Gasteiger partial charge in [0.05, 0.1) is 0 Å².